The van der Waals surface area contributed by atoms with Crippen LogP contribution in [0.1, 0.15) is 53.1 Å². The van der Waals surface area contributed by atoms with E-state index in [0.29, 0.717) is 12.1 Å². The molecule has 2 unspecified atom stereocenters. The largest absolute Gasteiger partial charge is 0.466 e. The van der Waals surface area contributed by atoms with Crippen molar-refractivity contribution in [2.24, 2.45) is 5.92 Å². The molecule has 1 saturated carbocycles. The van der Waals surface area contributed by atoms with E-state index in [0.717, 1.165) is 37.0 Å². The summed E-state index contributed by atoms with van der Waals surface area (Å²) in [5.41, 5.74) is -4.58. The number of methoxy groups -OCH3 is 1. The SMILES string of the molecule is COC(=O)N(Cc1cc(C(F)(F)F)cc(C(F)(F)F)c1)C1CCN(C(COC=O)C2CC2)c2ccc(C(F)(F)F)cc21. The molecule has 1 fully saturated rings. The van der Waals surface area contributed by atoms with Crippen molar-refractivity contribution in [3.05, 3.63) is 64.2 Å². The second kappa shape index (κ2) is 11.6. The standard InChI is InChI=1S/C27H25F9N2O4/c1-41-24(40)38(12-15-8-18(26(31,32)33)10-19(9-15)27(34,35)36)22-6-7-37(23(13-42-14-39)16-2-3-16)21-5-4-17(11-20(21)22)25(28,29)30/h4-5,8-11,14,16,22-23H,2-3,6-7,12-13H2,1H3. The number of amides is 1. The van der Waals surface area contributed by atoms with Crippen LogP contribution in [0.25, 0.3) is 0 Å². The van der Waals surface area contributed by atoms with Crippen LogP contribution in [0.3, 0.4) is 0 Å². The lowest BCUT2D eigenvalue weighted by Gasteiger charge is -2.43. The average Bonchev–Trinajstić information content (AvgIpc) is 3.75. The monoisotopic (exact) mass is 612 g/mol. The van der Waals surface area contributed by atoms with Gasteiger partial charge >= 0.3 is 24.6 Å². The molecule has 0 spiro atoms. The maximum Gasteiger partial charge on any atom is 0.416 e. The molecule has 2 aromatic rings. The van der Waals surface area contributed by atoms with Gasteiger partial charge in [0.2, 0.25) is 0 Å². The fourth-order valence-corrected chi connectivity index (χ4v) is 5.29. The Morgan fingerprint density at radius 2 is 1.52 bits per heavy atom. The number of fused-ring (bicyclic) bond motifs is 1. The number of hydrogen-bond donors (Lipinski definition) is 0. The number of carbonyl (C=O) groups excluding carboxylic acids is 2. The molecule has 42 heavy (non-hydrogen) atoms. The summed E-state index contributed by atoms with van der Waals surface area (Å²) in [5.74, 6) is 0.0826. The van der Waals surface area contributed by atoms with Gasteiger partial charge in [-0.2, -0.15) is 39.5 Å². The zero-order valence-electron chi connectivity index (χ0n) is 21.9. The van der Waals surface area contributed by atoms with E-state index in [9.17, 15) is 49.1 Å². The van der Waals surface area contributed by atoms with Crippen LogP contribution in [0.15, 0.2) is 36.4 Å². The molecule has 0 radical (unpaired) electrons. The third kappa shape index (κ3) is 6.86. The summed E-state index contributed by atoms with van der Waals surface area (Å²) in [6.45, 7) is -0.486. The fraction of sp³-hybridized carbons (Fsp3) is 0.481. The number of benzene rings is 2. The molecule has 2 aromatic carbocycles. The molecule has 0 saturated heterocycles. The average molecular weight is 612 g/mol. The van der Waals surface area contributed by atoms with Crippen molar-refractivity contribution in [2.45, 2.75) is 56.4 Å². The molecular formula is C27H25F9N2O4. The topological polar surface area (TPSA) is 59.1 Å². The smallest absolute Gasteiger partial charge is 0.416 e. The lowest BCUT2D eigenvalue weighted by Crippen LogP contribution is -2.47. The summed E-state index contributed by atoms with van der Waals surface area (Å²) in [4.78, 5) is 26.4. The number of alkyl halides is 9. The number of hydrogen-bond acceptors (Lipinski definition) is 5. The summed E-state index contributed by atoms with van der Waals surface area (Å²) in [7, 11) is 0.935. The summed E-state index contributed by atoms with van der Waals surface area (Å²) >= 11 is 0. The van der Waals surface area contributed by atoms with Gasteiger partial charge in [-0.1, -0.05) is 0 Å². The van der Waals surface area contributed by atoms with Gasteiger partial charge in [0, 0.05) is 18.8 Å². The molecule has 0 N–H and O–H groups in total. The Balaban J connectivity index is 1.81. The first-order valence-corrected chi connectivity index (χ1v) is 12.7. The van der Waals surface area contributed by atoms with Crippen molar-refractivity contribution >= 4 is 18.3 Å². The molecule has 0 bridgehead atoms. The molecule has 6 nitrogen and oxygen atoms in total. The zero-order valence-corrected chi connectivity index (χ0v) is 21.9. The maximum absolute atomic E-state index is 13.7. The highest BCUT2D eigenvalue weighted by molar-refractivity contribution is 5.70. The van der Waals surface area contributed by atoms with Crippen molar-refractivity contribution in [1.82, 2.24) is 4.90 Å². The molecule has 2 aliphatic rings. The molecule has 4 rings (SSSR count). The van der Waals surface area contributed by atoms with Crippen LogP contribution in [0, 0.1) is 5.92 Å². The van der Waals surface area contributed by atoms with E-state index in [1.807, 2.05) is 0 Å². The van der Waals surface area contributed by atoms with Gasteiger partial charge in [0.25, 0.3) is 6.47 Å². The van der Waals surface area contributed by atoms with Crippen LogP contribution in [0.5, 0.6) is 0 Å². The van der Waals surface area contributed by atoms with Crippen molar-refractivity contribution in [1.29, 1.82) is 0 Å². The number of carbonyl (C=O) groups is 2. The Kier molecular flexibility index (Phi) is 8.61. The molecule has 1 aliphatic carbocycles. The van der Waals surface area contributed by atoms with Crippen LogP contribution < -0.4 is 4.90 Å². The minimum atomic E-state index is -5.15. The van der Waals surface area contributed by atoms with Gasteiger partial charge in [-0.05, 0) is 72.7 Å². The third-order valence-electron chi connectivity index (χ3n) is 7.35. The molecule has 0 aromatic heterocycles. The van der Waals surface area contributed by atoms with Crippen LogP contribution in [-0.2, 0) is 39.3 Å². The lowest BCUT2D eigenvalue weighted by atomic mass is 9.91. The molecule has 2 atom stereocenters. The van der Waals surface area contributed by atoms with E-state index in [1.165, 1.54) is 6.07 Å². The van der Waals surface area contributed by atoms with Crippen molar-refractivity contribution < 1.29 is 58.6 Å². The number of nitrogens with zero attached hydrogens (tertiary/aromatic N) is 2. The molecule has 15 heteroatoms. The number of ether oxygens (including phenoxy) is 2. The number of anilines is 1. The van der Waals surface area contributed by atoms with Crippen molar-refractivity contribution in [3.8, 4) is 0 Å². The van der Waals surface area contributed by atoms with Crippen LogP contribution >= 0.6 is 0 Å². The van der Waals surface area contributed by atoms with E-state index >= 15 is 0 Å². The summed E-state index contributed by atoms with van der Waals surface area (Å²) in [5, 5.41) is 0. The Bertz CT molecular complexity index is 1270. The van der Waals surface area contributed by atoms with Gasteiger partial charge in [-0.15, -0.1) is 0 Å². The van der Waals surface area contributed by atoms with Crippen molar-refractivity contribution in [3.63, 3.8) is 0 Å². The van der Waals surface area contributed by atoms with Gasteiger partial charge in [0.15, 0.2) is 0 Å². The maximum atomic E-state index is 13.7. The fourth-order valence-electron chi connectivity index (χ4n) is 5.29. The first kappa shape index (κ1) is 31.3. The van der Waals surface area contributed by atoms with Gasteiger partial charge in [0.1, 0.15) is 6.61 Å². The highest BCUT2D eigenvalue weighted by Crippen LogP contribution is 2.46. The first-order valence-electron chi connectivity index (χ1n) is 12.7. The summed E-state index contributed by atoms with van der Waals surface area (Å²) in [6, 6.07) is 2.08. The predicted molar refractivity (Wildman–Crippen MR) is 129 cm³/mol. The molecular weight excluding hydrogens is 587 g/mol. The Labute approximate surface area is 234 Å². The van der Waals surface area contributed by atoms with Crippen LogP contribution in [0.4, 0.5) is 50.0 Å². The van der Waals surface area contributed by atoms with E-state index in [4.69, 9.17) is 9.47 Å². The second-order valence-corrected chi connectivity index (χ2v) is 10.1. The molecule has 1 aliphatic heterocycles. The predicted octanol–water partition coefficient (Wildman–Crippen LogP) is 7.21. The Hall–Kier alpha value is -3.65. The van der Waals surface area contributed by atoms with Crippen molar-refractivity contribution in [2.75, 3.05) is 25.2 Å². The minimum absolute atomic E-state index is 0.0266. The van der Waals surface area contributed by atoms with Gasteiger partial charge in [-0.25, -0.2) is 4.79 Å². The van der Waals surface area contributed by atoms with E-state index < -0.39 is 65.5 Å². The number of halogens is 9. The first-order chi connectivity index (χ1) is 19.5. The highest BCUT2D eigenvalue weighted by atomic mass is 19.4. The van der Waals surface area contributed by atoms with Crippen LogP contribution in [0.2, 0.25) is 0 Å². The van der Waals surface area contributed by atoms with Crippen LogP contribution in [-0.4, -0.2) is 43.8 Å². The Morgan fingerprint density at radius 3 is 2.02 bits per heavy atom. The third-order valence-corrected chi connectivity index (χ3v) is 7.35. The van der Waals surface area contributed by atoms with E-state index in [1.54, 1.807) is 4.90 Å². The highest BCUT2D eigenvalue weighted by Gasteiger charge is 2.43. The van der Waals surface area contributed by atoms with Gasteiger partial charge < -0.3 is 14.4 Å². The molecule has 1 heterocycles. The lowest BCUT2D eigenvalue weighted by molar-refractivity contribution is -0.143. The normalized spacial score (nSPS) is 18.2. The summed E-state index contributed by atoms with van der Waals surface area (Å²) in [6.07, 6.45) is -14.7. The molecule has 1 amide bonds. The zero-order chi connectivity index (χ0) is 31.0. The van der Waals surface area contributed by atoms with E-state index in [-0.39, 0.29) is 49.3 Å². The molecule has 230 valence electrons. The quantitative estimate of drug-likeness (QED) is 0.233. The number of rotatable bonds is 8. The van der Waals surface area contributed by atoms with E-state index in [2.05, 4.69) is 0 Å². The second-order valence-electron chi connectivity index (χ2n) is 10.1. The minimum Gasteiger partial charge on any atom is -0.466 e. The van der Waals surface area contributed by atoms with Gasteiger partial charge in [-0.3, -0.25) is 9.69 Å². The van der Waals surface area contributed by atoms with Gasteiger partial charge in [0.05, 0.1) is 35.9 Å². The Morgan fingerprint density at radius 1 is 0.929 bits per heavy atom. The summed E-state index contributed by atoms with van der Waals surface area (Å²) < 4.78 is 132.